The van der Waals surface area contributed by atoms with E-state index in [1.807, 2.05) is 0 Å². The van der Waals surface area contributed by atoms with Crippen molar-refractivity contribution in [1.29, 1.82) is 0 Å². The molecule has 4 heteroatoms. The van der Waals surface area contributed by atoms with Crippen LogP contribution >= 0.6 is 11.6 Å². The lowest BCUT2D eigenvalue weighted by Gasteiger charge is -2.12. The monoisotopic (exact) mass is 331 g/mol. The molecule has 0 bridgehead atoms. The summed E-state index contributed by atoms with van der Waals surface area (Å²) >= 11 is 6.07. The molecule has 2 aromatic carbocycles. The number of halogens is 1. The van der Waals surface area contributed by atoms with Gasteiger partial charge in [0.15, 0.2) is 0 Å². The zero-order valence-electron chi connectivity index (χ0n) is 13.8. The molecular formula is C19H22ClNO2. The fourth-order valence-corrected chi connectivity index (χ4v) is 2.75. The van der Waals surface area contributed by atoms with Gasteiger partial charge < -0.3 is 10.1 Å². The predicted octanol–water partition coefficient (Wildman–Crippen LogP) is 4.40. The number of hydrogen-bond acceptors (Lipinski definition) is 2. The number of carbonyl (C=O) groups excluding carboxylic acids is 1. The number of nitrogens with one attached hydrogen (secondary N) is 1. The van der Waals surface area contributed by atoms with Crippen LogP contribution in [0.5, 0.6) is 5.75 Å². The summed E-state index contributed by atoms with van der Waals surface area (Å²) in [6.07, 6.45) is 1.93. The standard InChI is InChI=1S/C19H22ClNO2/c1-4-13-6-7-14(5-2)16(10-13)12-21-19(22)15-8-9-18(23-3)17(20)11-15/h6-11H,4-5,12H2,1-3H3,(H,21,22). The fraction of sp³-hybridized carbons (Fsp3) is 0.316. The van der Waals surface area contributed by atoms with Gasteiger partial charge in [0.25, 0.3) is 5.91 Å². The van der Waals surface area contributed by atoms with Crippen molar-refractivity contribution in [2.45, 2.75) is 33.2 Å². The van der Waals surface area contributed by atoms with Gasteiger partial charge in [0.05, 0.1) is 12.1 Å². The van der Waals surface area contributed by atoms with Crippen LogP contribution in [0.2, 0.25) is 5.02 Å². The van der Waals surface area contributed by atoms with Crippen LogP contribution in [0.3, 0.4) is 0 Å². The molecule has 1 N–H and O–H groups in total. The van der Waals surface area contributed by atoms with E-state index >= 15 is 0 Å². The molecule has 0 fully saturated rings. The maximum absolute atomic E-state index is 12.3. The van der Waals surface area contributed by atoms with Crippen molar-refractivity contribution in [2.24, 2.45) is 0 Å². The summed E-state index contributed by atoms with van der Waals surface area (Å²) in [5.41, 5.74) is 4.23. The molecule has 0 unspecified atom stereocenters. The average molecular weight is 332 g/mol. The fourth-order valence-electron chi connectivity index (χ4n) is 2.49. The first-order valence-electron chi connectivity index (χ1n) is 7.81. The molecule has 0 heterocycles. The smallest absolute Gasteiger partial charge is 0.251 e. The second-order valence-electron chi connectivity index (χ2n) is 5.34. The summed E-state index contributed by atoms with van der Waals surface area (Å²) in [6.45, 7) is 4.76. The normalized spacial score (nSPS) is 10.4. The van der Waals surface area contributed by atoms with Gasteiger partial charge in [0, 0.05) is 12.1 Å². The van der Waals surface area contributed by atoms with Crippen LogP contribution < -0.4 is 10.1 Å². The number of carbonyl (C=O) groups is 1. The zero-order valence-corrected chi connectivity index (χ0v) is 14.5. The molecule has 122 valence electrons. The van der Waals surface area contributed by atoms with Crippen molar-refractivity contribution in [2.75, 3.05) is 7.11 Å². The van der Waals surface area contributed by atoms with Crippen LogP contribution in [0.25, 0.3) is 0 Å². The molecule has 23 heavy (non-hydrogen) atoms. The van der Waals surface area contributed by atoms with Crippen molar-refractivity contribution in [3.63, 3.8) is 0 Å². The predicted molar refractivity (Wildman–Crippen MR) is 94.4 cm³/mol. The third kappa shape index (κ3) is 4.26. The van der Waals surface area contributed by atoms with E-state index in [1.165, 1.54) is 16.7 Å². The molecule has 2 rings (SSSR count). The van der Waals surface area contributed by atoms with Gasteiger partial charge in [-0.1, -0.05) is 43.6 Å². The molecule has 3 nitrogen and oxygen atoms in total. The van der Waals surface area contributed by atoms with Crippen LogP contribution in [-0.2, 0) is 19.4 Å². The van der Waals surface area contributed by atoms with Crippen LogP contribution in [0.4, 0.5) is 0 Å². The van der Waals surface area contributed by atoms with Crippen LogP contribution in [0.1, 0.15) is 40.9 Å². The Morgan fingerprint density at radius 1 is 1.09 bits per heavy atom. The van der Waals surface area contributed by atoms with E-state index in [4.69, 9.17) is 16.3 Å². The molecule has 0 spiro atoms. The molecule has 0 aliphatic carbocycles. The second kappa shape index (κ2) is 8.02. The molecule has 0 saturated heterocycles. The first-order chi connectivity index (χ1) is 11.1. The number of methoxy groups -OCH3 is 1. The Morgan fingerprint density at radius 2 is 1.87 bits per heavy atom. The molecule has 0 atom stereocenters. The highest BCUT2D eigenvalue weighted by Crippen LogP contribution is 2.25. The number of ether oxygens (including phenoxy) is 1. The molecule has 0 aliphatic rings. The third-order valence-electron chi connectivity index (χ3n) is 3.91. The molecule has 0 aromatic heterocycles. The van der Waals surface area contributed by atoms with Crippen molar-refractivity contribution in [3.8, 4) is 5.75 Å². The van der Waals surface area contributed by atoms with E-state index in [-0.39, 0.29) is 5.91 Å². The van der Waals surface area contributed by atoms with E-state index in [0.717, 1.165) is 12.8 Å². The molecule has 0 radical (unpaired) electrons. The maximum atomic E-state index is 12.3. The molecule has 2 aromatic rings. The van der Waals surface area contributed by atoms with E-state index < -0.39 is 0 Å². The van der Waals surface area contributed by atoms with E-state index in [1.54, 1.807) is 25.3 Å². The topological polar surface area (TPSA) is 38.3 Å². The Bertz CT molecular complexity index is 698. The summed E-state index contributed by atoms with van der Waals surface area (Å²) in [5, 5.41) is 3.40. The number of benzene rings is 2. The van der Waals surface area contributed by atoms with E-state index in [0.29, 0.717) is 22.9 Å². The Kier molecular flexibility index (Phi) is 6.05. The van der Waals surface area contributed by atoms with Crippen molar-refractivity contribution >= 4 is 17.5 Å². The minimum Gasteiger partial charge on any atom is -0.495 e. The summed E-state index contributed by atoms with van der Waals surface area (Å²) in [5.74, 6) is 0.422. The summed E-state index contributed by atoms with van der Waals surface area (Å²) in [6, 6.07) is 11.5. The number of hydrogen-bond donors (Lipinski definition) is 1. The minimum atomic E-state index is -0.140. The van der Waals surface area contributed by atoms with Crippen LogP contribution in [-0.4, -0.2) is 13.0 Å². The highest BCUT2D eigenvalue weighted by molar-refractivity contribution is 6.32. The minimum absolute atomic E-state index is 0.140. The van der Waals surface area contributed by atoms with Crippen molar-refractivity contribution in [1.82, 2.24) is 5.32 Å². The number of amides is 1. The summed E-state index contributed by atoms with van der Waals surface area (Å²) < 4.78 is 5.10. The first-order valence-corrected chi connectivity index (χ1v) is 8.19. The van der Waals surface area contributed by atoms with Gasteiger partial charge in [-0.05, 0) is 47.7 Å². The number of rotatable bonds is 6. The second-order valence-corrected chi connectivity index (χ2v) is 5.75. The Labute approximate surface area is 142 Å². The lowest BCUT2D eigenvalue weighted by Crippen LogP contribution is -2.23. The van der Waals surface area contributed by atoms with Crippen molar-refractivity contribution in [3.05, 3.63) is 63.7 Å². The SMILES string of the molecule is CCc1ccc(CC)c(CNC(=O)c2ccc(OC)c(Cl)c2)c1. The maximum Gasteiger partial charge on any atom is 0.251 e. The van der Waals surface area contributed by atoms with E-state index in [9.17, 15) is 4.79 Å². The highest BCUT2D eigenvalue weighted by atomic mass is 35.5. The zero-order chi connectivity index (χ0) is 16.8. The molecule has 0 aliphatic heterocycles. The summed E-state index contributed by atoms with van der Waals surface area (Å²) in [7, 11) is 1.55. The van der Waals surface area contributed by atoms with Crippen molar-refractivity contribution < 1.29 is 9.53 Å². The third-order valence-corrected chi connectivity index (χ3v) is 4.21. The molecule has 1 amide bonds. The van der Waals surface area contributed by atoms with Gasteiger partial charge >= 0.3 is 0 Å². The number of aryl methyl sites for hydroxylation is 2. The van der Waals surface area contributed by atoms with Gasteiger partial charge in [-0.3, -0.25) is 4.79 Å². The Morgan fingerprint density at radius 3 is 2.48 bits per heavy atom. The van der Waals surface area contributed by atoms with Crippen LogP contribution in [0.15, 0.2) is 36.4 Å². The van der Waals surface area contributed by atoms with Gasteiger partial charge in [0.2, 0.25) is 0 Å². The summed E-state index contributed by atoms with van der Waals surface area (Å²) in [4.78, 5) is 12.3. The quantitative estimate of drug-likeness (QED) is 0.851. The van der Waals surface area contributed by atoms with Gasteiger partial charge in [0.1, 0.15) is 5.75 Å². The molecular weight excluding hydrogens is 310 g/mol. The Hall–Kier alpha value is -2.00. The lowest BCUT2D eigenvalue weighted by molar-refractivity contribution is 0.0951. The largest absolute Gasteiger partial charge is 0.495 e. The van der Waals surface area contributed by atoms with Crippen LogP contribution in [0, 0.1) is 0 Å². The van der Waals surface area contributed by atoms with E-state index in [2.05, 4.69) is 37.4 Å². The van der Waals surface area contributed by atoms with Gasteiger partial charge in [-0.2, -0.15) is 0 Å². The molecule has 0 saturated carbocycles. The average Bonchev–Trinajstić information content (AvgIpc) is 2.59. The first kappa shape index (κ1) is 17.4. The van der Waals surface area contributed by atoms with Gasteiger partial charge in [-0.25, -0.2) is 0 Å². The Balaban J connectivity index is 2.11. The van der Waals surface area contributed by atoms with Gasteiger partial charge in [-0.15, -0.1) is 0 Å². The highest BCUT2D eigenvalue weighted by Gasteiger charge is 2.10. The lowest BCUT2D eigenvalue weighted by atomic mass is 10.0.